The molecule has 4 aliphatic rings. The van der Waals surface area contributed by atoms with Gasteiger partial charge in [-0.1, -0.05) is 53.9 Å². The normalized spacial score (nSPS) is 48.2. The summed E-state index contributed by atoms with van der Waals surface area (Å²) in [5.41, 5.74) is 0.496. The second-order valence-corrected chi connectivity index (χ2v) is 12.5. The summed E-state index contributed by atoms with van der Waals surface area (Å²) in [6, 6.07) is 0. The van der Waals surface area contributed by atoms with Gasteiger partial charge in [0.1, 0.15) is 5.78 Å². The minimum atomic E-state index is -0.405. The van der Waals surface area contributed by atoms with Gasteiger partial charge in [-0.05, 0) is 85.4 Å². The van der Waals surface area contributed by atoms with Crippen LogP contribution in [0.2, 0.25) is 0 Å². The molecule has 0 aromatic rings. The van der Waals surface area contributed by atoms with Gasteiger partial charge in [-0.3, -0.25) is 4.79 Å². The Morgan fingerprint density at radius 2 is 1.72 bits per heavy atom. The third-order valence-corrected chi connectivity index (χ3v) is 10.8. The second-order valence-electron chi connectivity index (χ2n) is 12.5. The van der Waals surface area contributed by atoms with Crippen molar-refractivity contribution in [2.45, 2.75) is 111 Å². The zero-order valence-electron chi connectivity index (χ0n) is 19.8. The molecule has 4 saturated carbocycles. The van der Waals surface area contributed by atoms with Crippen LogP contribution < -0.4 is 0 Å². The van der Waals surface area contributed by atoms with E-state index in [4.69, 9.17) is 0 Å². The number of ketones is 1. The largest absolute Gasteiger partial charge is 0.392 e. The summed E-state index contributed by atoms with van der Waals surface area (Å²) >= 11 is 0. The van der Waals surface area contributed by atoms with E-state index in [0.29, 0.717) is 29.5 Å². The number of hydrogen-bond donors (Lipinski definition) is 1. The number of rotatable bonds is 5. The number of Topliss-reactive ketones (excluding diaryl/α,β-unsaturated/α-hetero) is 1. The van der Waals surface area contributed by atoms with Crippen molar-refractivity contribution in [3.8, 4) is 0 Å². The van der Waals surface area contributed by atoms with E-state index >= 15 is 0 Å². The third-order valence-electron chi connectivity index (χ3n) is 10.8. The van der Waals surface area contributed by atoms with Crippen LogP contribution in [0.4, 0.5) is 0 Å². The molecule has 4 fully saturated rings. The zero-order valence-corrected chi connectivity index (χ0v) is 19.8. The smallest absolute Gasteiger partial charge is 0.135 e. The van der Waals surface area contributed by atoms with E-state index in [1.807, 2.05) is 0 Å². The first-order valence-electron chi connectivity index (χ1n) is 12.9. The van der Waals surface area contributed by atoms with Crippen molar-refractivity contribution < 1.29 is 9.90 Å². The maximum absolute atomic E-state index is 12.2. The average molecular weight is 403 g/mol. The first-order chi connectivity index (χ1) is 13.7. The molecule has 2 nitrogen and oxygen atoms in total. The van der Waals surface area contributed by atoms with E-state index in [2.05, 4.69) is 34.6 Å². The highest BCUT2D eigenvalue weighted by Gasteiger charge is 2.62. The molecule has 4 aliphatic carbocycles. The van der Waals surface area contributed by atoms with Crippen LogP contribution in [0.5, 0.6) is 0 Å². The average Bonchev–Trinajstić information content (AvgIpc) is 3.00. The lowest BCUT2D eigenvalue weighted by molar-refractivity contribution is -0.171. The second kappa shape index (κ2) is 7.95. The molecule has 2 heteroatoms. The molecule has 0 bridgehead atoms. The third kappa shape index (κ3) is 3.54. The Morgan fingerprint density at radius 1 is 0.966 bits per heavy atom. The van der Waals surface area contributed by atoms with E-state index < -0.39 is 6.10 Å². The molecule has 0 spiro atoms. The lowest BCUT2D eigenvalue weighted by Crippen LogP contribution is -2.58. The highest BCUT2D eigenvalue weighted by Crippen LogP contribution is 2.68. The molecular weight excluding hydrogens is 356 g/mol. The highest BCUT2D eigenvalue weighted by molar-refractivity contribution is 5.80. The molecule has 9 atom stereocenters. The summed E-state index contributed by atoms with van der Waals surface area (Å²) in [6.45, 7) is 12.2. The van der Waals surface area contributed by atoms with Crippen LogP contribution in [0.3, 0.4) is 0 Å². The van der Waals surface area contributed by atoms with Crippen LogP contribution >= 0.6 is 0 Å². The fraction of sp³-hybridized carbons (Fsp3) is 0.963. The van der Waals surface area contributed by atoms with Gasteiger partial charge in [0, 0.05) is 18.3 Å². The van der Waals surface area contributed by atoms with Crippen molar-refractivity contribution in [2.75, 3.05) is 0 Å². The van der Waals surface area contributed by atoms with Crippen LogP contribution in [-0.4, -0.2) is 17.0 Å². The predicted molar refractivity (Wildman–Crippen MR) is 119 cm³/mol. The molecule has 4 rings (SSSR count). The van der Waals surface area contributed by atoms with Crippen molar-refractivity contribution in [3.05, 3.63) is 0 Å². The van der Waals surface area contributed by atoms with Crippen LogP contribution in [0.25, 0.3) is 0 Å². The number of aliphatic hydroxyl groups excluding tert-OH is 1. The fourth-order valence-corrected chi connectivity index (χ4v) is 9.13. The minimum Gasteiger partial charge on any atom is -0.392 e. The number of hydrogen-bond acceptors (Lipinski definition) is 2. The maximum atomic E-state index is 12.2. The van der Waals surface area contributed by atoms with Gasteiger partial charge in [-0.25, -0.2) is 0 Å². The summed E-state index contributed by atoms with van der Waals surface area (Å²) in [7, 11) is 0. The molecule has 1 N–H and O–H groups in total. The molecule has 0 aliphatic heterocycles. The van der Waals surface area contributed by atoms with Gasteiger partial charge in [0.05, 0.1) is 6.10 Å². The molecule has 0 heterocycles. The van der Waals surface area contributed by atoms with Crippen molar-refractivity contribution in [1.29, 1.82) is 0 Å². The van der Waals surface area contributed by atoms with Crippen molar-refractivity contribution in [1.82, 2.24) is 0 Å². The Bertz CT molecular complexity index is 612. The van der Waals surface area contributed by atoms with Crippen molar-refractivity contribution >= 4 is 5.78 Å². The van der Waals surface area contributed by atoms with E-state index in [-0.39, 0.29) is 5.41 Å². The van der Waals surface area contributed by atoms with Crippen molar-refractivity contribution in [2.24, 2.45) is 52.3 Å². The molecule has 29 heavy (non-hydrogen) atoms. The first kappa shape index (κ1) is 21.8. The molecule has 0 radical (unpaired) electrons. The SMILES string of the molecule is CC(C)CCC[C@@H](C)[C@H]1CC[C@H]2[C@@H]3CC[C@@H]4CC(=O)C[C@H](O)[C@]4(C)[C@H]3CC[C@]12C. The van der Waals surface area contributed by atoms with Gasteiger partial charge in [0.15, 0.2) is 0 Å². The van der Waals surface area contributed by atoms with E-state index in [0.717, 1.165) is 36.0 Å². The molecule has 0 aromatic heterocycles. The number of carbonyl (C=O) groups excluding carboxylic acids is 1. The Morgan fingerprint density at radius 3 is 2.45 bits per heavy atom. The summed E-state index contributed by atoms with van der Waals surface area (Å²) in [6.07, 6.45) is 12.8. The van der Waals surface area contributed by atoms with Crippen LogP contribution in [-0.2, 0) is 4.79 Å². The number of fused-ring (bicyclic) bond motifs is 5. The maximum Gasteiger partial charge on any atom is 0.135 e. The first-order valence-corrected chi connectivity index (χ1v) is 12.9. The van der Waals surface area contributed by atoms with E-state index in [1.54, 1.807) is 0 Å². The quantitative estimate of drug-likeness (QED) is 0.559. The van der Waals surface area contributed by atoms with Crippen LogP contribution in [0.1, 0.15) is 105 Å². The fourth-order valence-electron chi connectivity index (χ4n) is 9.13. The van der Waals surface area contributed by atoms with Gasteiger partial charge >= 0.3 is 0 Å². The Balaban J connectivity index is 1.50. The lowest BCUT2D eigenvalue weighted by Gasteiger charge is -2.61. The lowest BCUT2D eigenvalue weighted by atomic mass is 9.44. The van der Waals surface area contributed by atoms with Gasteiger partial charge < -0.3 is 5.11 Å². The predicted octanol–water partition coefficient (Wildman–Crippen LogP) is 6.65. The molecule has 0 saturated heterocycles. The highest BCUT2D eigenvalue weighted by atomic mass is 16.3. The Kier molecular flexibility index (Phi) is 5.99. The monoisotopic (exact) mass is 402 g/mol. The Hall–Kier alpha value is -0.370. The van der Waals surface area contributed by atoms with Gasteiger partial charge in [0.2, 0.25) is 0 Å². The number of aliphatic hydroxyl groups is 1. The zero-order chi connectivity index (χ0) is 21.0. The van der Waals surface area contributed by atoms with Crippen molar-refractivity contribution in [3.63, 3.8) is 0 Å². The molecule has 166 valence electrons. The standard InChI is InChI=1S/C27H46O2/c1-17(2)7-6-8-18(3)22-11-12-23-21-10-9-19-15-20(28)16-25(29)27(19,5)24(21)13-14-26(22,23)4/h17-19,21-25,29H,6-16H2,1-5H3/t18-,19-,21+,22-,23+,24+,25+,26-,27+/m1/s1. The molecule has 0 unspecified atom stereocenters. The summed E-state index contributed by atoms with van der Waals surface area (Å²) in [5.74, 6) is 5.57. The van der Waals surface area contributed by atoms with Crippen LogP contribution in [0.15, 0.2) is 0 Å². The van der Waals surface area contributed by atoms with Crippen LogP contribution in [0, 0.1) is 52.3 Å². The van der Waals surface area contributed by atoms with E-state index in [9.17, 15) is 9.90 Å². The Labute approximate surface area is 179 Å². The molecule has 0 aromatic carbocycles. The van der Waals surface area contributed by atoms with Gasteiger partial charge in [-0.15, -0.1) is 0 Å². The summed E-state index contributed by atoms with van der Waals surface area (Å²) in [5, 5.41) is 11.0. The minimum absolute atomic E-state index is 0.0148. The molecular formula is C27H46O2. The number of carbonyl (C=O) groups is 1. The van der Waals surface area contributed by atoms with Gasteiger partial charge in [-0.2, -0.15) is 0 Å². The molecule has 0 amide bonds. The topological polar surface area (TPSA) is 37.3 Å². The summed E-state index contributed by atoms with van der Waals surface area (Å²) in [4.78, 5) is 12.2. The van der Waals surface area contributed by atoms with Gasteiger partial charge in [0.25, 0.3) is 0 Å². The van der Waals surface area contributed by atoms with E-state index in [1.165, 1.54) is 57.8 Å². The summed E-state index contributed by atoms with van der Waals surface area (Å²) < 4.78 is 0.